The van der Waals surface area contributed by atoms with Gasteiger partial charge >= 0.3 is 0 Å². The Morgan fingerprint density at radius 2 is 2.32 bits per heavy atom. The Labute approximate surface area is 127 Å². The van der Waals surface area contributed by atoms with Crippen LogP contribution in [0, 0.1) is 0 Å². The van der Waals surface area contributed by atoms with E-state index in [-0.39, 0.29) is 12.7 Å². The molecule has 8 heteroatoms. The first kappa shape index (κ1) is 14.2. The molecular weight excluding hydrogens is 288 g/mol. The molecule has 1 aliphatic rings. The first-order valence-electron chi connectivity index (χ1n) is 6.88. The third kappa shape index (κ3) is 3.11. The summed E-state index contributed by atoms with van der Waals surface area (Å²) in [6.45, 7) is 2.74. The second-order valence-corrected chi connectivity index (χ2v) is 4.71. The zero-order valence-corrected chi connectivity index (χ0v) is 12.1. The molecule has 8 nitrogen and oxygen atoms in total. The minimum atomic E-state index is -0.409. The molecule has 0 saturated carbocycles. The van der Waals surface area contributed by atoms with Gasteiger partial charge in [-0.3, -0.25) is 4.79 Å². The lowest BCUT2D eigenvalue weighted by Crippen LogP contribution is -2.34. The number of ether oxygens (including phenoxy) is 3. The monoisotopic (exact) mass is 304 g/mol. The van der Waals surface area contributed by atoms with E-state index in [1.54, 1.807) is 25.1 Å². The fourth-order valence-corrected chi connectivity index (χ4v) is 1.99. The molecule has 0 fully saturated rings. The molecule has 116 valence electrons. The molecule has 2 heterocycles. The number of aromatic nitrogens is 3. The molecule has 0 radical (unpaired) electrons. The van der Waals surface area contributed by atoms with E-state index in [0.717, 1.165) is 0 Å². The van der Waals surface area contributed by atoms with E-state index in [1.165, 1.54) is 17.3 Å². The highest BCUT2D eigenvalue weighted by molar-refractivity contribution is 5.79. The van der Waals surface area contributed by atoms with Crippen molar-refractivity contribution >= 4 is 5.91 Å². The van der Waals surface area contributed by atoms with E-state index in [0.29, 0.717) is 30.4 Å². The van der Waals surface area contributed by atoms with E-state index < -0.39 is 6.04 Å². The Morgan fingerprint density at radius 1 is 1.45 bits per heavy atom. The van der Waals surface area contributed by atoms with E-state index in [2.05, 4.69) is 15.4 Å². The number of hydrogen-bond acceptors (Lipinski definition) is 6. The Balaban J connectivity index is 1.43. The maximum absolute atomic E-state index is 11.9. The molecular formula is C14H16N4O4. The Bertz CT molecular complexity index is 644. The van der Waals surface area contributed by atoms with Crippen molar-refractivity contribution in [2.75, 3.05) is 19.9 Å². The minimum Gasteiger partial charge on any atom is -0.492 e. The van der Waals surface area contributed by atoms with Gasteiger partial charge in [-0.15, -0.1) is 0 Å². The van der Waals surface area contributed by atoms with Gasteiger partial charge in [-0.2, -0.15) is 5.10 Å². The Morgan fingerprint density at radius 3 is 3.14 bits per heavy atom. The average Bonchev–Trinajstić information content (AvgIpc) is 3.20. The van der Waals surface area contributed by atoms with Gasteiger partial charge in [0.15, 0.2) is 11.5 Å². The second-order valence-electron chi connectivity index (χ2n) is 4.71. The van der Waals surface area contributed by atoms with Crippen LogP contribution in [-0.2, 0) is 4.79 Å². The van der Waals surface area contributed by atoms with Gasteiger partial charge in [-0.1, -0.05) is 0 Å². The summed E-state index contributed by atoms with van der Waals surface area (Å²) in [7, 11) is 0. The number of rotatable bonds is 6. The van der Waals surface area contributed by atoms with Crippen LogP contribution in [0.4, 0.5) is 0 Å². The van der Waals surface area contributed by atoms with Crippen LogP contribution in [0.5, 0.6) is 17.2 Å². The lowest BCUT2D eigenvalue weighted by molar-refractivity contribution is -0.124. The molecule has 0 unspecified atom stereocenters. The van der Waals surface area contributed by atoms with E-state index >= 15 is 0 Å². The van der Waals surface area contributed by atoms with Crippen LogP contribution in [0.3, 0.4) is 0 Å². The standard InChI is InChI=1S/C14H16N4O4/c1-10(18-8-15-7-17-18)14(19)16-4-5-20-11-2-3-12-13(6-11)22-9-21-12/h2-3,6-8,10H,4-5,9H2,1H3,(H,16,19)/t10-/m0/s1. The zero-order chi connectivity index (χ0) is 15.4. The van der Waals surface area contributed by atoms with Gasteiger partial charge in [0.05, 0.1) is 6.54 Å². The average molecular weight is 304 g/mol. The highest BCUT2D eigenvalue weighted by atomic mass is 16.7. The van der Waals surface area contributed by atoms with Gasteiger partial charge in [-0.25, -0.2) is 9.67 Å². The molecule has 2 aromatic rings. The van der Waals surface area contributed by atoms with Gasteiger partial charge in [-0.05, 0) is 19.1 Å². The maximum atomic E-state index is 11.9. The first-order chi connectivity index (χ1) is 10.7. The molecule has 3 rings (SSSR count). The molecule has 0 bridgehead atoms. The van der Waals surface area contributed by atoms with Crippen LogP contribution in [0.15, 0.2) is 30.9 Å². The van der Waals surface area contributed by atoms with Gasteiger partial charge in [0.1, 0.15) is 31.1 Å². The van der Waals surface area contributed by atoms with Crippen molar-refractivity contribution in [2.24, 2.45) is 0 Å². The summed E-state index contributed by atoms with van der Waals surface area (Å²) in [5, 5.41) is 6.72. The number of nitrogens with one attached hydrogen (secondary N) is 1. The predicted molar refractivity (Wildman–Crippen MR) is 75.8 cm³/mol. The van der Waals surface area contributed by atoms with Crippen LogP contribution in [0.25, 0.3) is 0 Å². The first-order valence-corrected chi connectivity index (χ1v) is 6.88. The zero-order valence-electron chi connectivity index (χ0n) is 12.1. The third-order valence-electron chi connectivity index (χ3n) is 3.23. The maximum Gasteiger partial charge on any atom is 0.244 e. The number of carbonyl (C=O) groups excluding carboxylic acids is 1. The molecule has 1 amide bonds. The number of nitrogens with zero attached hydrogens (tertiary/aromatic N) is 3. The lowest BCUT2D eigenvalue weighted by Gasteiger charge is -2.12. The van der Waals surface area contributed by atoms with E-state index in [9.17, 15) is 4.79 Å². The van der Waals surface area contributed by atoms with Crippen molar-refractivity contribution in [3.8, 4) is 17.2 Å². The molecule has 22 heavy (non-hydrogen) atoms. The number of benzene rings is 1. The number of hydrogen-bond donors (Lipinski definition) is 1. The predicted octanol–water partition coefficient (Wildman–Crippen LogP) is 0.763. The normalized spacial score (nSPS) is 13.7. The van der Waals surface area contributed by atoms with Gasteiger partial charge in [0.2, 0.25) is 12.7 Å². The molecule has 1 aromatic heterocycles. The second kappa shape index (κ2) is 6.33. The Kier molecular flexibility index (Phi) is 4.08. The summed E-state index contributed by atoms with van der Waals surface area (Å²) in [5.74, 6) is 1.91. The van der Waals surface area contributed by atoms with Crippen LogP contribution in [0.2, 0.25) is 0 Å². The highest BCUT2D eigenvalue weighted by Gasteiger charge is 2.15. The van der Waals surface area contributed by atoms with Crippen molar-refractivity contribution in [1.82, 2.24) is 20.1 Å². The Hall–Kier alpha value is -2.77. The fraction of sp³-hybridized carbons (Fsp3) is 0.357. The van der Waals surface area contributed by atoms with Crippen LogP contribution < -0.4 is 19.5 Å². The SMILES string of the molecule is C[C@@H](C(=O)NCCOc1ccc2c(c1)OCO2)n1cncn1. The largest absolute Gasteiger partial charge is 0.492 e. The van der Waals surface area contributed by atoms with E-state index in [1.807, 2.05) is 0 Å². The van der Waals surface area contributed by atoms with Crippen LogP contribution in [0.1, 0.15) is 13.0 Å². The molecule has 0 aliphatic carbocycles. The van der Waals surface area contributed by atoms with Gasteiger partial charge in [0.25, 0.3) is 0 Å². The quantitative estimate of drug-likeness (QED) is 0.793. The minimum absolute atomic E-state index is 0.139. The lowest BCUT2D eigenvalue weighted by atomic mass is 10.3. The summed E-state index contributed by atoms with van der Waals surface area (Å²) < 4.78 is 17.6. The summed E-state index contributed by atoms with van der Waals surface area (Å²) >= 11 is 0. The number of fused-ring (bicyclic) bond motifs is 1. The molecule has 1 aliphatic heterocycles. The van der Waals surface area contributed by atoms with Crippen molar-refractivity contribution in [2.45, 2.75) is 13.0 Å². The van der Waals surface area contributed by atoms with Crippen LogP contribution >= 0.6 is 0 Å². The molecule has 1 N–H and O–H groups in total. The third-order valence-corrected chi connectivity index (χ3v) is 3.23. The summed E-state index contributed by atoms with van der Waals surface area (Å²) in [6.07, 6.45) is 2.90. The van der Waals surface area contributed by atoms with Gasteiger partial charge in [0, 0.05) is 6.07 Å². The highest BCUT2D eigenvalue weighted by Crippen LogP contribution is 2.34. The van der Waals surface area contributed by atoms with Crippen molar-refractivity contribution in [3.05, 3.63) is 30.9 Å². The molecule has 0 spiro atoms. The molecule has 1 atom stereocenters. The van der Waals surface area contributed by atoms with E-state index in [4.69, 9.17) is 14.2 Å². The smallest absolute Gasteiger partial charge is 0.244 e. The van der Waals surface area contributed by atoms with Crippen molar-refractivity contribution in [3.63, 3.8) is 0 Å². The summed E-state index contributed by atoms with van der Waals surface area (Å²) in [6, 6.07) is 4.95. The number of amides is 1. The summed E-state index contributed by atoms with van der Waals surface area (Å²) in [5.41, 5.74) is 0. The van der Waals surface area contributed by atoms with Crippen LogP contribution in [-0.4, -0.2) is 40.6 Å². The van der Waals surface area contributed by atoms with Crippen molar-refractivity contribution in [1.29, 1.82) is 0 Å². The number of carbonyl (C=O) groups is 1. The summed E-state index contributed by atoms with van der Waals surface area (Å²) in [4.78, 5) is 15.7. The fourth-order valence-electron chi connectivity index (χ4n) is 1.99. The molecule has 0 saturated heterocycles. The molecule has 1 aromatic carbocycles. The van der Waals surface area contributed by atoms with Gasteiger partial charge < -0.3 is 19.5 Å². The topological polar surface area (TPSA) is 87.5 Å². The van der Waals surface area contributed by atoms with Crippen molar-refractivity contribution < 1.29 is 19.0 Å².